The van der Waals surface area contributed by atoms with E-state index in [1.807, 2.05) is 25.1 Å². The Morgan fingerprint density at radius 2 is 1.88 bits per heavy atom. The van der Waals surface area contributed by atoms with Crippen molar-refractivity contribution in [2.45, 2.75) is 6.54 Å². The molecule has 0 aliphatic rings. The number of amides is 1. The van der Waals surface area contributed by atoms with E-state index >= 15 is 0 Å². The average Bonchev–Trinajstić information content (AvgIpc) is 2.59. The average molecular weight is 348 g/mol. The minimum absolute atomic E-state index is 0.126. The molecule has 0 bridgehead atoms. The van der Waals surface area contributed by atoms with Crippen LogP contribution in [0.1, 0.15) is 15.9 Å². The van der Waals surface area contributed by atoms with Crippen molar-refractivity contribution < 1.29 is 23.1 Å². The topological polar surface area (TPSA) is 58.6 Å². The second kappa shape index (κ2) is 8.23. The molecule has 0 aromatic heterocycles. The van der Waals surface area contributed by atoms with Gasteiger partial charge in [0.25, 0.3) is 5.91 Å². The first-order chi connectivity index (χ1) is 11.9. The summed E-state index contributed by atoms with van der Waals surface area (Å²) in [6.07, 6.45) is 0. The van der Waals surface area contributed by atoms with Crippen LogP contribution in [-0.2, 0) is 16.1 Å². The van der Waals surface area contributed by atoms with Crippen LogP contribution in [0.5, 0.6) is 0 Å². The highest BCUT2D eigenvalue weighted by Crippen LogP contribution is 2.14. The number of rotatable bonds is 6. The van der Waals surface area contributed by atoms with E-state index in [1.165, 1.54) is 6.07 Å². The first-order valence-corrected chi connectivity index (χ1v) is 7.52. The number of ether oxygens (including phenoxy) is 1. The van der Waals surface area contributed by atoms with E-state index in [0.29, 0.717) is 5.56 Å². The number of hydrogen-bond donors (Lipinski definition) is 1. The third-order valence-corrected chi connectivity index (χ3v) is 3.42. The van der Waals surface area contributed by atoms with Crippen LogP contribution in [0.25, 0.3) is 0 Å². The number of halogens is 2. The Hall–Kier alpha value is -2.96. The highest BCUT2D eigenvalue weighted by atomic mass is 19.1. The SMILES string of the molecule is CN(C)c1cccc(C(=O)OCC(=O)NCc2ccc(F)cc2F)c1. The van der Waals surface area contributed by atoms with E-state index in [9.17, 15) is 18.4 Å². The van der Waals surface area contributed by atoms with Gasteiger partial charge in [-0.1, -0.05) is 12.1 Å². The van der Waals surface area contributed by atoms with Crippen molar-refractivity contribution in [2.24, 2.45) is 0 Å². The summed E-state index contributed by atoms with van der Waals surface area (Å²) in [6.45, 7) is -0.619. The fraction of sp³-hybridized carbons (Fsp3) is 0.222. The third-order valence-electron chi connectivity index (χ3n) is 3.42. The molecule has 2 aromatic carbocycles. The van der Waals surface area contributed by atoms with E-state index in [2.05, 4.69) is 5.32 Å². The molecule has 0 saturated heterocycles. The fourth-order valence-corrected chi connectivity index (χ4v) is 2.04. The van der Waals surface area contributed by atoms with Crippen molar-refractivity contribution in [1.82, 2.24) is 5.32 Å². The van der Waals surface area contributed by atoms with Crippen molar-refractivity contribution in [2.75, 3.05) is 25.6 Å². The van der Waals surface area contributed by atoms with E-state index in [-0.39, 0.29) is 12.1 Å². The molecule has 7 heteroatoms. The number of carbonyl (C=O) groups is 2. The second-order valence-corrected chi connectivity index (χ2v) is 5.53. The summed E-state index contributed by atoms with van der Waals surface area (Å²) in [5.74, 6) is -2.66. The molecule has 0 unspecified atom stereocenters. The summed E-state index contributed by atoms with van der Waals surface area (Å²) in [7, 11) is 3.68. The molecule has 0 radical (unpaired) electrons. The second-order valence-electron chi connectivity index (χ2n) is 5.53. The smallest absolute Gasteiger partial charge is 0.338 e. The van der Waals surface area contributed by atoms with Gasteiger partial charge in [0.2, 0.25) is 0 Å². The van der Waals surface area contributed by atoms with Crippen LogP contribution >= 0.6 is 0 Å². The first-order valence-electron chi connectivity index (χ1n) is 7.52. The normalized spacial score (nSPS) is 10.2. The highest BCUT2D eigenvalue weighted by Gasteiger charge is 2.12. The van der Waals surface area contributed by atoms with Gasteiger partial charge in [-0.2, -0.15) is 0 Å². The van der Waals surface area contributed by atoms with Gasteiger partial charge in [0.05, 0.1) is 5.56 Å². The highest BCUT2D eigenvalue weighted by molar-refractivity contribution is 5.92. The Kier molecular flexibility index (Phi) is 6.05. The van der Waals surface area contributed by atoms with Gasteiger partial charge in [-0.3, -0.25) is 4.79 Å². The van der Waals surface area contributed by atoms with Gasteiger partial charge >= 0.3 is 5.97 Å². The summed E-state index contributed by atoms with van der Waals surface area (Å²) in [4.78, 5) is 25.5. The molecule has 25 heavy (non-hydrogen) atoms. The van der Waals surface area contributed by atoms with E-state index in [4.69, 9.17) is 4.74 Å². The van der Waals surface area contributed by atoms with Crippen molar-refractivity contribution in [3.05, 3.63) is 65.2 Å². The van der Waals surface area contributed by atoms with Crippen LogP contribution < -0.4 is 10.2 Å². The maximum absolute atomic E-state index is 13.5. The van der Waals surface area contributed by atoms with Crippen LogP contribution in [0.4, 0.5) is 14.5 Å². The van der Waals surface area contributed by atoms with Gasteiger partial charge in [0, 0.05) is 38.0 Å². The Balaban J connectivity index is 1.85. The minimum Gasteiger partial charge on any atom is -0.452 e. The summed E-state index contributed by atoms with van der Waals surface area (Å²) < 4.78 is 31.2. The first kappa shape index (κ1) is 18.4. The molecule has 2 aromatic rings. The molecule has 0 heterocycles. The molecular weight excluding hydrogens is 330 g/mol. The quantitative estimate of drug-likeness (QED) is 0.815. The molecule has 1 amide bonds. The molecule has 2 rings (SSSR count). The van der Waals surface area contributed by atoms with Gasteiger partial charge in [0.1, 0.15) is 11.6 Å². The lowest BCUT2D eigenvalue weighted by molar-refractivity contribution is -0.124. The standard InChI is InChI=1S/C18H18F2N2O3/c1-22(2)15-5-3-4-12(8-15)18(24)25-11-17(23)21-10-13-6-7-14(19)9-16(13)20/h3-9H,10-11H2,1-2H3,(H,21,23). The Morgan fingerprint density at radius 3 is 2.56 bits per heavy atom. The molecule has 0 spiro atoms. The van der Waals surface area contributed by atoms with Gasteiger partial charge in [-0.25, -0.2) is 13.6 Å². The maximum Gasteiger partial charge on any atom is 0.338 e. The van der Waals surface area contributed by atoms with Crippen LogP contribution in [-0.4, -0.2) is 32.6 Å². The van der Waals surface area contributed by atoms with E-state index in [0.717, 1.165) is 17.8 Å². The number of carbonyl (C=O) groups excluding carboxylic acids is 2. The molecule has 0 saturated carbocycles. The predicted octanol–water partition coefficient (Wildman–Crippen LogP) is 2.50. The van der Waals surface area contributed by atoms with Crippen molar-refractivity contribution in [1.29, 1.82) is 0 Å². The van der Waals surface area contributed by atoms with Gasteiger partial charge in [-0.05, 0) is 24.3 Å². The van der Waals surface area contributed by atoms with E-state index < -0.39 is 30.1 Å². The molecule has 1 N–H and O–H groups in total. The van der Waals surface area contributed by atoms with Crippen LogP contribution in [0.3, 0.4) is 0 Å². The van der Waals surface area contributed by atoms with Gasteiger partial charge in [-0.15, -0.1) is 0 Å². The number of esters is 1. The molecular formula is C18H18F2N2O3. The lowest BCUT2D eigenvalue weighted by Gasteiger charge is -2.13. The summed E-state index contributed by atoms with van der Waals surface area (Å²) in [6, 6.07) is 9.85. The van der Waals surface area contributed by atoms with Gasteiger partial charge in [0.15, 0.2) is 6.61 Å². The lowest BCUT2D eigenvalue weighted by Crippen LogP contribution is -2.28. The summed E-state index contributed by atoms with van der Waals surface area (Å²) >= 11 is 0. The van der Waals surface area contributed by atoms with Crippen LogP contribution in [0, 0.1) is 11.6 Å². The molecule has 0 aliphatic heterocycles. The Bertz CT molecular complexity index is 779. The Labute approximate surface area is 144 Å². The molecule has 5 nitrogen and oxygen atoms in total. The monoisotopic (exact) mass is 348 g/mol. The lowest BCUT2D eigenvalue weighted by atomic mass is 10.2. The fourth-order valence-electron chi connectivity index (χ4n) is 2.04. The van der Waals surface area contributed by atoms with Crippen molar-refractivity contribution in [3.8, 4) is 0 Å². The molecule has 0 aliphatic carbocycles. The predicted molar refractivity (Wildman–Crippen MR) is 89.3 cm³/mol. The van der Waals surface area contributed by atoms with E-state index in [1.54, 1.807) is 18.2 Å². The van der Waals surface area contributed by atoms with Crippen LogP contribution in [0.15, 0.2) is 42.5 Å². The van der Waals surface area contributed by atoms with Crippen molar-refractivity contribution in [3.63, 3.8) is 0 Å². The maximum atomic E-state index is 13.5. The minimum atomic E-state index is -0.752. The Morgan fingerprint density at radius 1 is 1.12 bits per heavy atom. The molecule has 0 atom stereocenters. The third kappa shape index (κ3) is 5.27. The van der Waals surface area contributed by atoms with Gasteiger partial charge < -0.3 is 15.0 Å². The summed E-state index contributed by atoms with van der Waals surface area (Å²) in [5.41, 5.74) is 1.29. The molecule has 0 fully saturated rings. The summed E-state index contributed by atoms with van der Waals surface area (Å²) in [5, 5.41) is 2.41. The zero-order chi connectivity index (χ0) is 18.4. The molecule has 132 valence electrons. The number of nitrogens with one attached hydrogen (secondary N) is 1. The number of hydrogen-bond acceptors (Lipinski definition) is 4. The number of nitrogens with zero attached hydrogens (tertiary/aromatic N) is 1. The number of anilines is 1. The number of benzene rings is 2. The van der Waals surface area contributed by atoms with Crippen LogP contribution in [0.2, 0.25) is 0 Å². The zero-order valence-electron chi connectivity index (χ0n) is 13.9. The zero-order valence-corrected chi connectivity index (χ0v) is 13.9. The van der Waals surface area contributed by atoms with Crippen molar-refractivity contribution >= 4 is 17.6 Å². The largest absolute Gasteiger partial charge is 0.452 e.